The van der Waals surface area contributed by atoms with E-state index in [-0.39, 0.29) is 5.69 Å². The summed E-state index contributed by atoms with van der Waals surface area (Å²) >= 11 is 0. The highest BCUT2D eigenvalue weighted by Crippen LogP contribution is 2.20. The van der Waals surface area contributed by atoms with E-state index in [1.807, 2.05) is 12.1 Å². The molecule has 3 heteroatoms. The molecule has 0 aliphatic rings. The van der Waals surface area contributed by atoms with E-state index < -0.39 is 5.97 Å². The molecule has 0 radical (unpaired) electrons. The van der Waals surface area contributed by atoms with Crippen LogP contribution in [0.15, 0.2) is 42.6 Å². The van der Waals surface area contributed by atoms with Crippen LogP contribution in [0.25, 0.3) is 11.1 Å². The number of aromatic nitrogens is 1. The average molecular weight is 227 g/mol. The fraction of sp³-hybridized carbons (Fsp3) is 0.143. The van der Waals surface area contributed by atoms with Crippen LogP contribution in [-0.2, 0) is 6.42 Å². The molecule has 0 spiro atoms. The number of carboxylic acid groups (broad SMARTS) is 1. The first kappa shape index (κ1) is 11.3. The molecule has 86 valence electrons. The largest absolute Gasteiger partial charge is 0.477 e. The Morgan fingerprint density at radius 2 is 2.06 bits per heavy atom. The minimum Gasteiger partial charge on any atom is -0.477 e. The third kappa shape index (κ3) is 2.50. The molecule has 0 bridgehead atoms. The molecule has 0 saturated carbocycles. The van der Waals surface area contributed by atoms with Gasteiger partial charge in [0.15, 0.2) is 0 Å². The smallest absolute Gasteiger partial charge is 0.354 e. The van der Waals surface area contributed by atoms with Crippen LogP contribution >= 0.6 is 0 Å². The molecule has 2 rings (SSSR count). The van der Waals surface area contributed by atoms with Gasteiger partial charge in [0.1, 0.15) is 5.69 Å². The molecule has 3 nitrogen and oxygen atoms in total. The second-order valence-corrected chi connectivity index (χ2v) is 3.79. The lowest BCUT2D eigenvalue weighted by atomic mass is 10.0. The number of rotatable bonds is 3. The summed E-state index contributed by atoms with van der Waals surface area (Å²) in [5.74, 6) is -1.00. The van der Waals surface area contributed by atoms with Gasteiger partial charge in [0.25, 0.3) is 0 Å². The van der Waals surface area contributed by atoms with Gasteiger partial charge in [-0.3, -0.25) is 0 Å². The highest BCUT2D eigenvalue weighted by Gasteiger charge is 2.04. The predicted octanol–water partition coefficient (Wildman–Crippen LogP) is 3.01. The number of aromatic carboxylic acids is 1. The molecule has 0 aliphatic heterocycles. The highest BCUT2D eigenvalue weighted by molar-refractivity contribution is 5.85. The summed E-state index contributed by atoms with van der Waals surface area (Å²) < 4.78 is 0. The molecule has 2 aromatic rings. The van der Waals surface area contributed by atoms with Crippen LogP contribution in [0.4, 0.5) is 0 Å². The van der Waals surface area contributed by atoms with Gasteiger partial charge in [0.05, 0.1) is 0 Å². The number of carboxylic acids is 1. The van der Waals surface area contributed by atoms with Crippen LogP contribution in [-0.4, -0.2) is 16.1 Å². The molecule has 0 unspecified atom stereocenters. The molecule has 0 fully saturated rings. The number of carbonyl (C=O) groups is 1. The minimum absolute atomic E-state index is 0.0698. The van der Waals surface area contributed by atoms with Crippen molar-refractivity contribution in [2.75, 3.05) is 0 Å². The Kier molecular flexibility index (Phi) is 3.19. The Hall–Kier alpha value is -2.16. The topological polar surface area (TPSA) is 50.2 Å². The molecule has 1 N–H and O–H groups in total. The molecule has 1 heterocycles. The van der Waals surface area contributed by atoms with Crippen molar-refractivity contribution in [3.63, 3.8) is 0 Å². The maximum atomic E-state index is 10.7. The average Bonchev–Trinajstić information content (AvgIpc) is 2.39. The zero-order valence-electron chi connectivity index (χ0n) is 9.55. The van der Waals surface area contributed by atoms with E-state index in [1.165, 1.54) is 11.6 Å². The maximum absolute atomic E-state index is 10.7. The normalized spacial score (nSPS) is 10.2. The van der Waals surface area contributed by atoms with Crippen LogP contribution in [0.3, 0.4) is 0 Å². The predicted molar refractivity (Wildman–Crippen MR) is 66.0 cm³/mol. The van der Waals surface area contributed by atoms with Gasteiger partial charge in [-0.25, -0.2) is 9.78 Å². The quantitative estimate of drug-likeness (QED) is 0.876. The number of hydrogen-bond donors (Lipinski definition) is 1. The van der Waals surface area contributed by atoms with Crippen LogP contribution in [0.2, 0.25) is 0 Å². The van der Waals surface area contributed by atoms with Crippen LogP contribution in [0, 0.1) is 0 Å². The maximum Gasteiger partial charge on any atom is 0.354 e. The van der Waals surface area contributed by atoms with Crippen LogP contribution in [0.5, 0.6) is 0 Å². The summed E-state index contributed by atoms with van der Waals surface area (Å²) in [6, 6.07) is 11.5. The van der Waals surface area contributed by atoms with Crippen molar-refractivity contribution in [1.29, 1.82) is 0 Å². The van der Waals surface area contributed by atoms with E-state index in [0.29, 0.717) is 0 Å². The van der Waals surface area contributed by atoms with Crippen molar-refractivity contribution in [3.05, 3.63) is 53.9 Å². The van der Waals surface area contributed by atoms with Crippen molar-refractivity contribution >= 4 is 5.97 Å². The summed E-state index contributed by atoms with van der Waals surface area (Å²) in [6.45, 7) is 2.10. The zero-order chi connectivity index (χ0) is 12.3. The molecule has 17 heavy (non-hydrogen) atoms. The van der Waals surface area contributed by atoms with Gasteiger partial charge in [-0.2, -0.15) is 0 Å². The first-order valence-electron chi connectivity index (χ1n) is 5.49. The van der Waals surface area contributed by atoms with E-state index in [2.05, 4.69) is 24.0 Å². The molecule has 0 saturated heterocycles. The van der Waals surface area contributed by atoms with Crippen LogP contribution < -0.4 is 0 Å². The second kappa shape index (κ2) is 4.78. The zero-order valence-corrected chi connectivity index (χ0v) is 9.55. The van der Waals surface area contributed by atoms with E-state index in [1.54, 1.807) is 12.3 Å². The van der Waals surface area contributed by atoms with Crippen molar-refractivity contribution < 1.29 is 9.90 Å². The van der Waals surface area contributed by atoms with Crippen LogP contribution in [0.1, 0.15) is 23.0 Å². The first-order valence-corrected chi connectivity index (χ1v) is 5.49. The summed E-state index contributed by atoms with van der Waals surface area (Å²) in [5, 5.41) is 8.77. The lowest BCUT2D eigenvalue weighted by Crippen LogP contribution is -1.99. The fourth-order valence-corrected chi connectivity index (χ4v) is 1.66. The molecule has 1 aromatic heterocycles. The fourth-order valence-electron chi connectivity index (χ4n) is 1.66. The third-order valence-corrected chi connectivity index (χ3v) is 2.65. The van der Waals surface area contributed by atoms with Gasteiger partial charge in [-0.1, -0.05) is 37.3 Å². The van der Waals surface area contributed by atoms with E-state index in [9.17, 15) is 4.79 Å². The molecule has 0 atom stereocenters. The number of hydrogen-bond acceptors (Lipinski definition) is 2. The monoisotopic (exact) mass is 227 g/mol. The molecular weight excluding hydrogens is 214 g/mol. The van der Waals surface area contributed by atoms with Gasteiger partial charge >= 0.3 is 5.97 Å². The van der Waals surface area contributed by atoms with E-state index in [4.69, 9.17) is 5.11 Å². The SMILES string of the molecule is CCc1cccc(-c2ccc(C(=O)O)nc2)c1. The first-order chi connectivity index (χ1) is 8.20. The summed E-state index contributed by atoms with van der Waals surface area (Å²) in [7, 11) is 0. The summed E-state index contributed by atoms with van der Waals surface area (Å²) in [4.78, 5) is 14.6. The van der Waals surface area contributed by atoms with Crippen molar-refractivity contribution in [2.24, 2.45) is 0 Å². The van der Waals surface area contributed by atoms with E-state index in [0.717, 1.165) is 17.5 Å². The van der Waals surface area contributed by atoms with Crippen molar-refractivity contribution in [2.45, 2.75) is 13.3 Å². The molecular formula is C14H13NO2. The third-order valence-electron chi connectivity index (χ3n) is 2.65. The summed E-state index contributed by atoms with van der Waals surface area (Å²) in [5.41, 5.74) is 3.32. The van der Waals surface area contributed by atoms with Gasteiger partial charge in [-0.15, -0.1) is 0 Å². The molecule has 0 aliphatic carbocycles. The Balaban J connectivity index is 2.36. The lowest BCUT2D eigenvalue weighted by Gasteiger charge is -2.04. The van der Waals surface area contributed by atoms with E-state index >= 15 is 0 Å². The van der Waals surface area contributed by atoms with Crippen molar-refractivity contribution in [1.82, 2.24) is 4.98 Å². The number of benzene rings is 1. The Morgan fingerprint density at radius 3 is 2.65 bits per heavy atom. The minimum atomic E-state index is -1.00. The lowest BCUT2D eigenvalue weighted by molar-refractivity contribution is 0.0690. The van der Waals surface area contributed by atoms with Crippen molar-refractivity contribution in [3.8, 4) is 11.1 Å². The standard InChI is InChI=1S/C14H13NO2/c1-2-10-4-3-5-11(8-10)12-6-7-13(14(16)17)15-9-12/h3-9H,2H2,1H3,(H,16,17). The Bertz CT molecular complexity index is 532. The molecule has 1 aromatic carbocycles. The summed E-state index contributed by atoms with van der Waals surface area (Å²) in [6.07, 6.45) is 2.58. The van der Waals surface area contributed by atoms with Gasteiger partial charge in [-0.05, 0) is 23.6 Å². The Morgan fingerprint density at radius 1 is 1.24 bits per heavy atom. The van der Waals surface area contributed by atoms with Gasteiger partial charge in [0, 0.05) is 11.8 Å². The number of pyridine rings is 1. The molecule has 0 amide bonds. The number of aryl methyl sites for hydroxylation is 1. The Labute approximate surface area is 99.8 Å². The highest BCUT2D eigenvalue weighted by atomic mass is 16.4. The second-order valence-electron chi connectivity index (χ2n) is 3.79. The number of nitrogens with zero attached hydrogens (tertiary/aromatic N) is 1. The van der Waals surface area contributed by atoms with Gasteiger partial charge in [0.2, 0.25) is 0 Å². The van der Waals surface area contributed by atoms with Gasteiger partial charge < -0.3 is 5.11 Å².